The summed E-state index contributed by atoms with van der Waals surface area (Å²) in [6.45, 7) is 1.04. The first-order valence-electron chi connectivity index (χ1n) is 5.75. The zero-order valence-electron chi connectivity index (χ0n) is 9.54. The van der Waals surface area contributed by atoms with Crippen LogP contribution in [0.5, 0.6) is 0 Å². The lowest BCUT2D eigenvalue weighted by atomic mass is 10.2. The van der Waals surface area contributed by atoms with E-state index in [9.17, 15) is 4.79 Å². The Morgan fingerprint density at radius 2 is 2.29 bits per heavy atom. The van der Waals surface area contributed by atoms with E-state index < -0.39 is 0 Å². The Balaban J connectivity index is 2.05. The molecule has 1 unspecified atom stereocenters. The van der Waals surface area contributed by atoms with Crippen molar-refractivity contribution in [3.63, 3.8) is 0 Å². The van der Waals surface area contributed by atoms with E-state index in [1.54, 1.807) is 18.5 Å². The molecule has 2 heterocycles. The topological polar surface area (TPSA) is 78.4 Å². The molecule has 1 aliphatic rings. The summed E-state index contributed by atoms with van der Waals surface area (Å²) in [6, 6.07) is 1.53. The Morgan fingerprint density at radius 3 is 3.00 bits per heavy atom. The van der Waals surface area contributed by atoms with Crippen LogP contribution in [0.2, 0.25) is 0 Å². The minimum absolute atomic E-state index is 0.0414. The van der Waals surface area contributed by atoms with Crippen molar-refractivity contribution in [2.75, 3.05) is 24.6 Å². The summed E-state index contributed by atoms with van der Waals surface area (Å²) < 4.78 is 0. The van der Waals surface area contributed by atoms with E-state index in [2.05, 4.69) is 15.3 Å². The molecular weight excluding hydrogens is 220 g/mol. The van der Waals surface area contributed by atoms with Gasteiger partial charge in [-0.2, -0.15) is 0 Å². The molecule has 0 aliphatic carbocycles. The van der Waals surface area contributed by atoms with Crippen LogP contribution in [-0.4, -0.2) is 46.7 Å². The van der Waals surface area contributed by atoms with Gasteiger partial charge in [0.25, 0.3) is 0 Å². The molecule has 2 rings (SSSR count). The van der Waals surface area contributed by atoms with Gasteiger partial charge in [-0.25, -0.2) is 9.97 Å². The smallest absolute Gasteiger partial charge is 0.242 e. The fourth-order valence-corrected chi connectivity index (χ4v) is 2.02. The maximum absolute atomic E-state index is 11.9. The van der Waals surface area contributed by atoms with Crippen LogP contribution < -0.4 is 10.2 Å². The summed E-state index contributed by atoms with van der Waals surface area (Å²) in [5.74, 6) is 0.526. The lowest BCUT2D eigenvalue weighted by molar-refractivity contribution is -0.122. The molecule has 17 heavy (non-hydrogen) atoms. The SMILES string of the molecule is O=C(NCCO)C1CCCN1c1ncccn1. The normalized spacial score (nSPS) is 19.4. The number of nitrogens with zero attached hydrogens (tertiary/aromatic N) is 3. The second-order valence-electron chi connectivity index (χ2n) is 3.91. The van der Waals surface area contributed by atoms with Gasteiger partial charge in [0, 0.05) is 25.5 Å². The van der Waals surface area contributed by atoms with Crippen LogP contribution in [0, 0.1) is 0 Å². The fraction of sp³-hybridized carbons (Fsp3) is 0.545. The Bertz CT molecular complexity index is 371. The molecule has 1 fully saturated rings. The van der Waals surface area contributed by atoms with E-state index in [0.717, 1.165) is 19.4 Å². The highest BCUT2D eigenvalue weighted by Gasteiger charge is 2.31. The third-order valence-corrected chi connectivity index (χ3v) is 2.78. The second kappa shape index (κ2) is 5.58. The number of hydrogen-bond acceptors (Lipinski definition) is 5. The Hall–Kier alpha value is -1.69. The van der Waals surface area contributed by atoms with Gasteiger partial charge in [0.2, 0.25) is 11.9 Å². The molecule has 0 radical (unpaired) electrons. The molecule has 1 amide bonds. The van der Waals surface area contributed by atoms with E-state index in [1.807, 2.05) is 4.90 Å². The molecule has 0 aromatic carbocycles. The highest BCUT2D eigenvalue weighted by Crippen LogP contribution is 2.21. The van der Waals surface area contributed by atoms with Crippen molar-refractivity contribution < 1.29 is 9.90 Å². The average molecular weight is 236 g/mol. The average Bonchev–Trinajstić information content (AvgIpc) is 2.86. The zero-order chi connectivity index (χ0) is 12.1. The monoisotopic (exact) mass is 236 g/mol. The number of carbonyl (C=O) groups excluding carboxylic acids is 1. The first-order chi connectivity index (χ1) is 8.33. The Morgan fingerprint density at radius 1 is 1.53 bits per heavy atom. The summed E-state index contributed by atoms with van der Waals surface area (Å²) in [5.41, 5.74) is 0. The third-order valence-electron chi connectivity index (χ3n) is 2.78. The highest BCUT2D eigenvalue weighted by atomic mass is 16.3. The van der Waals surface area contributed by atoms with Crippen LogP contribution in [0.3, 0.4) is 0 Å². The van der Waals surface area contributed by atoms with Crippen molar-refractivity contribution in [3.05, 3.63) is 18.5 Å². The van der Waals surface area contributed by atoms with Crippen LogP contribution >= 0.6 is 0 Å². The maximum atomic E-state index is 11.9. The van der Waals surface area contributed by atoms with Crippen molar-refractivity contribution in [2.45, 2.75) is 18.9 Å². The molecule has 1 saturated heterocycles. The van der Waals surface area contributed by atoms with E-state index in [-0.39, 0.29) is 18.6 Å². The molecular formula is C11H16N4O2. The molecule has 0 saturated carbocycles. The molecule has 0 bridgehead atoms. The van der Waals surface area contributed by atoms with Gasteiger partial charge in [0.05, 0.1) is 6.61 Å². The number of rotatable bonds is 4. The predicted molar refractivity (Wildman–Crippen MR) is 62.5 cm³/mol. The molecule has 92 valence electrons. The summed E-state index contributed by atoms with van der Waals surface area (Å²) in [6.07, 6.45) is 5.09. The van der Waals surface area contributed by atoms with Crippen molar-refractivity contribution in [2.24, 2.45) is 0 Å². The Labute approximate surface area is 99.7 Å². The summed E-state index contributed by atoms with van der Waals surface area (Å²) in [5, 5.41) is 11.4. The van der Waals surface area contributed by atoms with Crippen LogP contribution in [0.15, 0.2) is 18.5 Å². The first-order valence-corrected chi connectivity index (χ1v) is 5.75. The van der Waals surface area contributed by atoms with Crippen LogP contribution in [0.1, 0.15) is 12.8 Å². The highest BCUT2D eigenvalue weighted by molar-refractivity contribution is 5.85. The number of aliphatic hydroxyl groups is 1. The standard InChI is InChI=1S/C11H16N4O2/c16-8-6-12-10(17)9-3-1-7-15(9)11-13-4-2-5-14-11/h2,4-5,9,16H,1,3,6-8H2,(H,12,17). The number of aliphatic hydroxyl groups excluding tert-OH is 1. The third kappa shape index (κ3) is 2.71. The van der Waals surface area contributed by atoms with E-state index in [4.69, 9.17) is 5.11 Å². The molecule has 0 spiro atoms. The molecule has 1 aromatic heterocycles. The quantitative estimate of drug-likeness (QED) is 0.740. The summed E-state index contributed by atoms with van der Waals surface area (Å²) in [7, 11) is 0. The zero-order valence-corrected chi connectivity index (χ0v) is 9.54. The predicted octanol–water partition coefficient (Wildman–Crippen LogP) is -0.446. The van der Waals surface area contributed by atoms with E-state index >= 15 is 0 Å². The van der Waals surface area contributed by atoms with Gasteiger partial charge >= 0.3 is 0 Å². The van der Waals surface area contributed by atoms with Gasteiger partial charge in [-0.05, 0) is 18.9 Å². The molecule has 1 aliphatic heterocycles. The van der Waals surface area contributed by atoms with Gasteiger partial charge < -0.3 is 15.3 Å². The van der Waals surface area contributed by atoms with Crippen molar-refractivity contribution in [3.8, 4) is 0 Å². The van der Waals surface area contributed by atoms with E-state index in [1.165, 1.54) is 0 Å². The first kappa shape index (κ1) is 11.8. The minimum atomic E-state index is -0.219. The lowest BCUT2D eigenvalue weighted by Crippen LogP contribution is -2.44. The molecule has 6 nitrogen and oxygen atoms in total. The number of hydrogen-bond donors (Lipinski definition) is 2. The Kier molecular flexibility index (Phi) is 3.87. The number of carbonyl (C=O) groups is 1. The van der Waals surface area contributed by atoms with Crippen molar-refractivity contribution >= 4 is 11.9 Å². The number of anilines is 1. The van der Waals surface area contributed by atoms with Gasteiger partial charge in [-0.1, -0.05) is 0 Å². The summed E-state index contributed by atoms with van der Waals surface area (Å²) >= 11 is 0. The van der Waals surface area contributed by atoms with Crippen molar-refractivity contribution in [1.82, 2.24) is 15.3 Å². The molecule has 6 heteroatoms. The molecule has 1 atom stereocenters. The second-order valence-corrected chi connectivity index (χ2v) is 3.91. The number of nitrogens with one attached hydrogen (secondary N) is 1. The van der Waals surface area contributed by atoms with Gasteiger partial charge in [0.15, 0.2) is 0 Å². The number of amides is 1. The lowest BCUT2D eigenvalue weighted by Gasteiger charge is -2.23. The molecule has 2 N–H and O–H groups in total. The van der Waals surface area contributed by atoms with Crippen LogP contribution in [-0.2, 0) is 4.79 Å². The fourth-order valence-electron chi connectivity index (χ4n) is 2.02. The summed E-state index contributed by atoms with van der Waals surface area (Å²) in [4.78, 5) is 22.1. The van der Waals surface area contributed by atoms with Crippen LogP contribution in [0.4, 0.5) is 5.95 Å². The number of aromatic nitrogens is 2. The van der Waals surface area contributed by atoms with Gasteiger partial charge in [-0.15, -0.1) is 0 Å². The maximum Gasteiger partial charge on any atom is 0.242 e. The minimum Gasteiger partial charge on any atom is -0.395 e. The van der Waals surface area contributed by atoms with Crippen molar-refractivity contribution in [1.29, 1.82) is 0 Å². The molecule has 1 aromatic rings. The van der Waals surface area contributed by atoms with Crippen LogP contribution in [0.25, 0.3) is 0 Å². The van der Waals surface area contributed by atoms with E-state index in [0.29, 0.717) is 12.5 Å². The van der Waals surface area contributed by atoms with Gasteiger partial charge in [-0.3, -0.25) is 4.79 Å². The van der Waals surface area contributed by atoms with Gasteiger partial charge in [0.1, 0.15) is 6.04 Å². The largest absolute Gasteiger partial charge is 0.395 e.